The number of nitrogens with two attached hydrogens (primary N) is 1. The van der Waals surface area contributed by atoms with Gasteiger partial charge in [-0.05, 0) is 44.7 Å². The first-order valence-electron chi connectivity index (χ1n) is 9.89. The number of amides is 4. The maximum absolute atomic E-state index is 12.7. The summed E-state index contributed by atoms with van der Waals surface area (Å²) in [6.45, 7) is 1.95. The molecule has 8 N–H and O–H groups in total. The molecule has 0 radical (unpaired) electrons. The van der Waals surface area contributed by atoms with Gasteiger partial charge in [0.2, 0.25) is 23.6 Å². The summed E-state index contributed by atoms with van der Waals surface area (Å²) in [6.07, 6.45) is 1.42. The zero-order valence-electron chi connectivity index (χ0n) is 17.6. The van der Waals surface area contributed by atoms with Crippen molar-refractivity contribution in [2.24, 2.45) is 5.73 Å². The minimum atomic E-state index is -1.47. The number of nitrogens with one attached hydrogen (secondary N) is 4. The van der Waals surface area contributed by atoms with Crippen molar-refractivity contribution in [2.45, 2.75) is 62.9 Å². The van der Waals surface area contributed by atoms with Crippen molar-refractivity contribution in [1.29, 1.82) is 0 Å². The van der Waals surface area contributed by atoms with Crippen LogP contribution in [0.2, 0.25) is 0 Å². The monoisotopic (exact) mass is 461 g/mol. The minimum Gasteiger partial charge on any atom is -0.480 e. The predicted molar refractivity (Wildman–Crippen MR) is 113 cm³/mol. The van der Waals surface area contributed by atoms with Crippen molar-refractivity contribution in [3.8, 4) is 0 Å². The van der Waals surface area contributed by atoms with Crippen LogP contribution in [-0.2, 0) is 24.0 Å². The smallest absolute Gasteiger partial charge is 0.326 e. The molecule has 1 saturated heterocycles. The number of aliphatic hydroxyl groups is 1. The maximum Gasteiger partial charge on any atom is 0.326 e. The third-order valence-corrected chi connectivity index (χ3v) is 5.35. The molecule has 0 aliphatic carbocycles. The molecular weight excluding hydrogens is 430 g/mol. The van der Waals surface area contributed by atoms with Gasteiger partial charge in [-0.3, -0.25) is 19.2 Å². The summed E-state index contributed by atoms with van der Waals surface area (Å²) < 4.78 is 0. The largest absolute Gasteiger partial charge is 0.480 e. The summed E-state index contributed by atoms with van der Waals surface area (Å²) in [7, 11) is 0. The third-order valence-electron chi connectivity index (χ3n) is 4.70. The van der Waals surface area contributed by atoms with E-state index in [1.807, 2.05) is 0 Å². The predicted octanol–water partition coefficient (Wildman–Crippen LogP) is -2.71. The van der Waals surface area contributed by atoms with Crippen LogP contribution in [0.3, 0.4) is 0 Å². The van der Waals surface area contributed by atoms with Crippen molar-refractivity contribution in [3.63, 3.8) is 0 Å². The number of rotatable bonds is 13. The van der Waals surface area contributed by atoms with E-state index in [4.69, 9.17) is 5.73 Å². The van der Waals surface area contributed by atoms with Crippen molar-refractivity contribution in [3.05, 3.63) is 0 Å². The van der Waals surface area contributed by atoms with Gasteiger partial charge in [-0.1, -0.05) is 0 Å². The van der Waals surface area contributed by atoms with Gasteiger partial charge in [0.1, 0.15) is 18.1 Å². The molecule has 0 aromatic carbocycles. The summed E-state index contributed by atoms with van der Waals surface area (Å²) in [5.41, 5.74) is 5.16. The Kier molecular flexibility index (Phi) is 11.3. The highest BCUT2D eigenvalue weighted by Crippen LogP contribution is 2.07. The Morgan fingerprint density at radius 2 is 1.77 bits per heavy atom. The van der Waals surface area contributed by atoms with Gasteiger partial charge >= 0.3 is 5.97 Å². The molecule has 1 rings (SSSR count). The van der Waals surface area contributed by atoms with Gasteiger partial charge in [-0.15, -0.1) is 0 Å². The van der Waals surface area contributed by atoms with Gasteiger partial charge in [0.05, 0.1) is 18.6 Å². The van der Waals surface area contributed by atoms with Crippen molar-refractivity contribution in [2.75, 3.05) is 18.6 Å². The van der Waals surface area contributed by atoms with E-state index in [-0.39, 0.29) is 6.42 Å². The van der Waals surface area contributed by atoms with Crippen LogP contribution in [0.4, 0.5) is 0 Å². The number of thioether (sulfide) groups is 1. The summed E-state index contributed by atoms with van der Waals surface area (Å²) in [5.74, 6) is -3.98. The molecule has 0 aromatic heterocycles. The number of aliphatic hydroxyl groups excluding tert-OH is 1. The van der Waals surface area contributed by atoms with Crippen molar-refractivity contribution in [1.82, 2.24) is 21.3 Å². The van der Waals surface area contributed by atoms with Crippen LogP contribution in [0.5, 0.6) is 0 Å². The van der Waals surface area contributed by atoms with Crippen LogP contribution in [0.25, 0.3) is 0 Å². The standard InChI is InChI=1S/C18H31N5O7S/c1-9(24)14(23-15(26)10-4-3-6-20-10)17(28)22-12(8-13(19)25)16(27)21-11(18(29)30)5-7-31-2/h9-12,14,20,24H,3-8H2,1-2H3,(H2,19,25)(H,21,27)(H,22,28)(H,23,26)(H,29,30). The first kappa shape index (κ1) is 26.7. The molecule has 1 aliphatic heterocycles. The van der Waals surface area contributed by atoms with Crippen LogP contribution < -0.4 is 27.0 Å². The van der Waals surface area contributed by atoms with E-state index < -0.39 is 66.3 Å². The fourth-order valence-corrected chi connectivity index (χ4v) is 3.48. The Morgan fingerprint density at radius 1 is 1.13 bits per heavy atom. The average molecular weight is 462 g/mol. The lowest BCUT2D eigenvalue weighted by Crippen LogP contribution is -2.60. The lowest BCUT2D eigenvalue weighted by molar-refractivity contribution is -0.142. The Balaban J connectivity index is 2.87. The summed E-state index contributed by atoms with van der Waals surface area (Å²) in [5, 5.41) is 29.2. The zero-order chi connectivity index (χ0) is 23.6. The number of aliphatic carboxylic acids is 1. The second-order valence-corrected chi connectivity index (χ2v) is 8.27. The molecule has 4 amide bonds. The molecule has 0 spiro atoms. The van der Waals surface area contributed by atoms with Crippen LogP contribution in [0.15, 0.2) is 0 Å². The van der Waals surface area contributed by atoms with Gasteiger partial charge in [0.15, 0.2) is 0 Å². The van der Waals surface area contributed by atoms with Gasteiger partial charge in [-0.2, -0.15) is 11.8 Å². The lowest BCUT2D eigenvalue weighted by atomic mass is 10.1. The fourth-order valence-electron chi connectivity index (χ4n) is 3.00. The Labute approximate surface area is 184 Å². The van der Waals surface area contributed by atoms with E-state index in [9.17, 15) is 34.2 Å². The van der Waals surface area contributed by atoms with Gasteiger partial charge in [0, 0.05) is 0 Å². The minimum absolute atomic E-state index is 0.139. The zero-order valence-corrected chi connectivity index (χ0v) is 18.4. The molecule has 0 aromatic rings. The highest BCUT2D eigenvalue weighted by Gasteiger charge is 2.34. The van der Waals surface area contributed by atoms with Gasteiger partial charge < -0.3 is 37.2 Å². The molecule has 5 unspecified atom stereocenters. The number of carboxylic acid groups (broad SMARTS) is 1. The van der Waals surface area contributed by atoms with Crippen molar-refractivity contribution >= 4 is 41.4 Å². The third kappa shape index (κ3) is 9.11. The molecule has 1 heterocycles. The quantitative estimate of drug-likeness (QED) is 0.152. The van der Waals surface area contributed by atoms with E-state index in [1.54, 1.807) is 6.26 Å². The van der Waals surface area contributed by atoms with Crippen LogP contribution in [-0.4, -0.2) is 88.6 Å². The second-order valence-electron chi connectivity index (χ2n) is 7.29. The molecule has 176 valence electrons. The first-order valence-corrected chi connectivity index (χ1v) is 11.3. The van der Waals surface area contributed by atoms with E-state index >= 15 is 0 Å². The molecule has 5 atom stereocenters. The van der Waals surface area contributed by atoms with Crippen molar-refractivity contribution < 1.29 is 34.2 Å². The van der Waals surface area contributed by atoms with Crippen LogP contribution >= 0.6 is 11.8 Å². The molecule has 1 aliphatic rings. The van der Waals surface area contributed by atoms with Crippen LogP contribution in [0.1, 0.15) is 32.6 Å². The van der Waals surface area contributed by atoms with E-state index in [0.717, 1.165) is 6.42 Å². The Bertz CT molecular complexity index is 670. The van der Waals surface area contributed by atoms with E-state index in [2.05, 4.69) is 21.3 Å². The average Bonchev–Trinajstić information content (AvgIpc) is 3.22. The molecule has 1 fully saturated rings. The topological polar surface area (TPSA) is 200 Å². The molecule has 12 nitrogen and oxygen atoms in total. The first-order chi connectivity index (χ1) is 14.6. The number of carboxylic acids is 1. The molecule has 13 heteroatoms. The lowest BCUT2D eigenvalue weighted by Gasteiger charge is -2.26. The van der Waals surface area contributed by atoms with E-state index in [1.165, 1.54) is 18.7 Å². The second kappa shape index (κ2) is 13.1. The number of primary amides is 1. The molecule has 0 saturated carbocycles. The SMILES string of the molecule is CSCCC(NC(=O)C(CC(N)=O)NC(=O)C(NC(=O)C1CCCN1)C(C)O)C(=O)O. The normalized spacial score (nSPS) is 19.5. The van der Waals surface area contributed by atoms with Gasteiger partial charge in [-0.25, -0.2) is 4.79 Å². The Hall–Kier alpha value is -2.38. The molecular formula is C18H31N5O7S. The van der Waals surface area contributed by atoms with E-state index in [0.29, 0.717) is 18.7 Å². The number of carbonyl (C=O) groups is 5. The van der Waals surface area contributed by atoms with Gasteiger partial charge in [0.25, 0.3) is 0 Å². The Morgan fingerprint density at radius 3 is 2.26 bits per heavy atom. The highest BCUT2D eigenvalue weighted by molar-refractivity contribution is 7.98. The maximum atomic E-state index is 12.7. The van der Waals surface area contributed by atoms with Crippen LogP contribution in [0, 0.1) is 0 Å². The molecule has 31 heavy (non-hydrogen) atoms. The summed E-state index contributed by atoms with van der Waals surface area (Å²) >= 11 is 1.40. The summed E-state index contributed by atoms with van der Waals surface area (Å²) in [4.78, 5) is 60.3. The summed E-state index contributed by atoms with van der Waals surface area (Å²) in [6, 6.07) is -4.56. The number of carbonyl (C=O) groups excluding carboxylic acids is 4. The highest BCUT2D eigenvalue weighted by atomic mass is 32.2. The number of hydrogen-bond donors (Lipinski definition) is 7. The molecule has 0 bridgehead atoms. The number of hydrogen-bond acceptors (Lipinski definition) is 8. The fraction of sp³-hybridized carbons (Fsp3) is 0.722.